The molecule has 1 saturated carbocycles. The van der Waals surface area contributed by atoms with Crippen molar-refractivity contribution in [1.29, 1.82) is 0 Å². The lowest BCUT2D eigenvalue weighted by Crippen LogP contribution is -2.41. The maximum atomic E-state index is 12.8. The van der Waals surface area contributed by atoms with Crippen LogP contribution in [0.1, 0.15) is 36.2 Å². The molecule has 1 N–H and O–H groups in total. The van der Waals surface area contributed by atoms with Gasteiger partial charge in [0.1, 0.15) is 0 Å². The molecule has 1 aromatic carbocycles. The average Bonchev–Trinajstić information content (AvgIpc) is 3.04. The van der Waals surface area contributed by atoms with Crippen LogP contribution in [0.4, 0.5) is 13.2 Å². The standard InChI is InChI=1S/C17H16ClF3N2O2/c18-12-5-1-3-10(7-12)15-9-14(23-25-15)16(24)22-13-6-2-4-11(8-13)17(19,20)21/h1,3,5,7,9,11,13H,2,4,6,8H2,(H,22,24). The number of nitrogens with zero attached hydrogens (tertiary/aromatic N) is 1. The number of halogens is 4. The molecule has 2 atom stereocenters. The number of hydrogen-bond acceptors (Lipinski definition) is 3. The van der Waals surface area contributed by atoms with Gasteiger partial charge in [0.2, 0.25) is 0 Å². The lowest BCUT2D eigenvalue weighted by Gasteiger charge is -2.30. The van der Waals surface area contributed by atoms with Crippen LogP contribution >= 0.6 is 11.6 Å². The van der Waals surface area contributed by atoms with Crippen LogP contribution in [0.25, 0.3) is 11.3 Å². The van der Waals surface area contributed by atoms with Gasteiger partial charge in [0, 0.05) is 22.7 Å². The van der Waals surface area contributed by atoms with E-state index in [9.17, 15) is 18.0 Å². The second-order valence-corrected chi connectivity index (χ2v) is 6.60. The third kappa shape index (κ3) is 4.34. The topological polar surface area (TPSA) is 55.1 Å². The number of rotatable bonds is 3. The largest absolute Gasteiger partial charge is 0.391 e. The van der Waals surface area contributed by atoms with E-state index in [1.807, 2.05) is 0 Å². The Kier molecular flexibility index (Phi) is 5.03. The highest BCUT2D eigenvalue weighted by Gasteiger charge is 2.42. The summed E-state index contributed by atoms with van der Waals surface area (Å²) in [6, 6.07) is 7.79. The maximum absolute atomic E-state index is 12.8. The molecule has 3 rings (SSSR count). The molecule has 25 heavy (non-hydrogen) atoms. The minimum Gasteiger partial charge on any atom is -0.355 e. The van der Waals surface area contributed by atoms with Gasteiger partial charge in [-0.15, -0.1) is 0 Å². The average molecular weight is 373 g/mol. The fraction of sp³-hybridized carbons (Fsp3) is 0.412. The normalized spacial score (nSPS) is 21.1. The number of aromatic nitrogens is 1. The molecule has 0 aliphatic heterocycles. The van der Waals surface area contributed by atoms with Crippen LogP contribution < -0.4 is 5.32 Å². The molecule has 0 radical (unpaired) electrons. The van der Waals surface area contributed by atoms with Gasteiger partial charge in [0.15, 0.2) is 11.5 Å². The van der Waals surface area contributed by atoms with Crippen LogP contribution in [0, 0.1) is 5.92 Å². The quantitative estimate of drug-likeness (QED) is 0.838. The Balaban J connectivity index is 1.66. The van der Waals surface area contributed by atoms with Crippen molar-refractivity contribution >= 4 is 17.5 Å². The van der Waals surface area contributed by atoms with E-state index in [4.69, 9.17) is 16.1 Å². The van der Waals surface area contributed by atoms with Crippen LogP contribution in [0.3, 0.4) is 0 Å². The number of amides is 1. The zero-order valence-electron chi connectivity index (χ0n) is 13.1. The van der Waals surface area contributed by atoms with Gasteiger partial charge >= 0.3 is 6.18 Å². The Bertz CT molecular complexity index is 760. The van der Waals surface area contributed by atoms with Crippen molar-refractivity contribution in [2.24, 2.45) is 5.92 Å². The van der Waals surface area contributed by atoms with E-state index in [1.165, 1.54) is 6.07 Å². The van der Waals surface area contributed by atoms with Crippen molar-refractivity contribution < 1.29 is 22.5 Å². The fourth-order valence-corrected chi connectivity index (χ4v) is 3.23. The summed E-state index contributed by atoms with van der Waals surface area (Å²) < 4.78 is 43.7. The molecule has 134 valence electrons. The van der Waals surface area contributed by atoms with Crippen LogP contribution in [0.2, 0.25) is 5.02 Å². The summed E-state index contributed by atoms with van der Waals surface area (Å²) in [4.78, 5) is 12.2. The summed E-state index contributed by atoms with van der Waals surface area (Å²) >= 11 is 5.91. The Morgan fingerprint density at radius 1 is 1.28 bits per heavy atom. The molecule has 1 amide bonds. The van der Waals surface area contributed by atoms with Crippen LogP contribution in [-0.4, -0.2) is 23.3 Å². The molecule has 2 aromatic rings. The SMILES string of the molecule is O=C(NC1CCCC(C(F)(F)F)C1)c1cc(-c2cccc(Cl)c2)on1. The van der Waals surface area contributed by atoms with E-state index in [1.54, 1.807) is 24.3 Å². The molecular weight excluding hydrogens is 357 g/mol. The van der Waals surface area contributed by atoms with Gasteiger partial charge in [-0.05, 0) is 31.4 Å². The van der Waals surface area contributed by atoms with E-state index < -0.39 is 24.0 Å². The summed E-state index contributed by atoms with van der Waals surface area (Å²) in [5, 5.41) is 6.84. The molecule has 0 saturated heterocycles. The molecule has 1 heterocycles. The highest BCUT2D eigenvalue weighted by atomic mass is 35.5. The molecule has 0 bridgehead atoms. The summed E-state index contributed by atoms with van der Waals surface area (Å²) in [7, 11) is 0. The van der Waals surface area contributed by atoms with Crippen LogP contribution in [0.5, 0.6) is 0 Å². The molecule has 2 unspecified atom stereocenters. The minimum atomic E-state index is -4.23. The molecule has 1 aromatic heterocycles. The maximum Gasteiger partial charge on any atom is 0.391 e. The zero-order chi connectivity index (χ0) is 18.0. The first-order chi connectivity index (χ1) is 11.8. The van der Waals surface area contributed by atoms with Gasteiger partial charge in [-0.1, -0.05) is 35.3 Å². The Hall–Kier alpha value is -2.02. The second-order valence-electron chi connectivity index (χ2n) is 6.16. The van der Waals surface area contributed by atoms with Gasteiger partial charge in [0.05, 0.1) is 5.92 Å². The van der Waals surface area contributed by atoms with Crippen molar-refractivity contribution in [2.45, 2.75) is 37.9 Å². The molecule has 1 aliphatic rings. The highest BCUT2D eigenvalue weighted by Crippen LogP contribution is 2.37. The van der Waals surface area contributed by atoms with E-state index in [0.717, 1.165) is 0 Å². The number of carbonyl (C=O) groups excluding carboxylic acids is 1. The number of nitrogens with one attached hydrogen (secondary N) is 1. The van der Waals surface area contributed by atoms with Gasteiger partial charge in [0.25, 0.3) is 5.91 Å². The lowest BCUT2D eigenvalue weighted by molar-refractivity contribution is -0.183. The molecule has 4 nitrogen and oxygen atoms in total. The van der Waals surface area contributed by atoms with Gasteiger partial charge in [-0.3, -0.25) is 4.79 Å². The fourth-order valence-electron chi connectivity index (χ4n) is 3.04. The predicted octanol–water partition coefficient (Wildman–Crippen LogP) is 4.85. The van der Waals surface area contributed by atoms with E-state index in [0.29, 0.717) is 29.2 Å². The van der Waals surface area contributed by atoms with Crippen molar-refractivity contribution in [3.8, 4) is 11.3 Å². The molecule has 8 heteroatoms. The summed E-state index contributed by atoms with van der Waals surface area (Å²) in [6.45, 7) is 0. The second kappa shape index (κ2) is 7.07. The first-order valence-electron chi connectivity index (χ1n) is 7.93. The van der Waals surface area contributed by atoms with E-state index in [2.05, 4.69) is 10.5 Å². The number of hydrogen-bond donors (Lipinski definition) is 1. The van der Waals surface area contributed by atoms with Crippen molar-refractivity contribution in [2.75, 3.05) is 0 Å². The summed E-state index contributed by atoms with van der Waals surface area (Å²) in [5.41, 5.74) is 0.693. The Morgan fingerprint density at radius 3 is 2.80 bits per heavy atom. The van der Waals surface area contributed by atoms with Gasteiger partial charge < -0.3 is 9.84 Å². The Labute approximate surface area is 147 Å². The van der Waals surface area contributed by atoms with Gasteiger partial charge in [-0.2, -0.15) is 13.2 Å². The monoisotopic (exact) mass is 372 g/mol. The van der Waals surface area contributed by atoms with Crippen molar-refractivity contribution in [1.82, 2.24) is 10.5 Å². The van der Waals surface area contributed by atoms with Crippen molar-refractivity contribution in [3.63, 3.8) is 0 Å². The number of alkyl halides is 3. The smallest absolute Gasteiger partial charge is 0.355 e. The van der Waals surface area contributed by atoms with E-state index >= 15 is 0 Å². The first kappa shape index (κ1) is 17.8. The minimum absolute atomic E-state index is 0.0316. The zero-order valence-corrected chi connectivity index (χ0v) is 13.9. The first-order valence-corrected chi connectivity index (χ1v) is 8.31. The number of benzene rings is 1. The third-order valence-corrected chi connectivity index (χ3v) is 4.56. The molecule has 0 spiro atoms. The lowest BCUT2D eigenvalue weighted by atomic mass is 9.85. The van der Waals surface area contributed by atoms with E-state index in [-0.39, 0.29) is 18.5 Å². The summed E-state index contributed by atoms with van der Waals surface area (Å²) in [6.07, 6.45) is -3.26. The molecule has 1 aliphatic carbocycles. The number of carbonyl (C=O) groups is 1. The highest BCUT2D eigenvalue weighted by molar-refractivity contribution is 6.30. The van der Waals surface area contributed by atoms with Crippen molar-refractivity contribution in [3.05, 3.63) is 41.0 Å². The van der Waals surface area contributed by atoms with Crippen LogP contribution in [-0.2, 0) is 0 Å². The molecule has 1 fully saturated rings. The molecular formula is C17H16ClF3N2O2. The Morgan fingerprint density at radius 2 is 2.08 bits per heavy atom. The van der Waals surface area contributed by atoms with Gasteiger partial charge in [-0.25, -0.2) is 0 Å². The third-order valence-electron chi connectivity index (χ3n) is 4.32. The van der Waals surface area contributed by atoms with Crippen LogP contribution in [0.15, 0.2) is 34.9 Å². The summed E-state index contributed by atoms with van der Waals surface area (Å²) in [5.74, 6) is -1.54. The predicted molar refractivity (Wildman–Crippen MR) is 86.2 cm³/mol.